The van der Waals surface area contributed by atoms with E-state index in [0.717, 1.165) is 43.5 Å². The third-order valence-corrected chi connectivity index (χ3v) is 7.52. The summed E-state index contributed by atoms with van der Waals surface area (Å²) in [6, 6.07) is 18.9. The molecule has 1 saturated carbocycles. The van der Waals surface area contributed by atoms with Crippen molar-refractivity contribution >= 4 is 5.95 Å². The summed E-state index contributed by atoms with van der Waals surface area (Å²) in [6.45, 7) is 3.69. The van der Waals surface area contributed by atoms with Crippen LogP contribution in [0.2, 0.25) is 0 Å². The molecular formula is C29H31N3O2. The van der Waals surface area contributed by atoms with Gasteiger partial charge in [0.1, 0.15) is 11.4 Å². The van der Waals surface area contributed by atoms with Crippen LogP contribution in [0.5, 0.6) is 11.6 Å². The summed E-state index contributed by atoms with van der Waals surface area (Å²) in [5.74, 6) is 7.86. The number of hydrogen-bond acceptors (Lipinski definition) is 5. The number of nitrogens with two attached hydrogens (primary N) is 1. The second kappa shape index (κ2) is 8.77. The third-order valence-electron chi connectivity index (χ3n) is 7.52. The quantitative estimate of drug-likeness (QED) is 0.535. The minimum Gasteiger partial charge on any atom is -0.439 e. The van der Waals surface area contributed by atoms with E-state index in [2.05, 4.69) is 64.3 Å². The van der Waals surface area contributed by atoms with E-state index in [1.807, 2.05) is 19.9 Å². The second-order valence-corrected chi connectivity index (χ2v) is 9.79. The number of ether oxygens (including phenoxy) is 1. The third kappa shape index (κ3) is 4.26. The van der Waals surface area contributed by atoms with Crippen LogP contribution in [0.1, 0.15) is 55.0 Å². The minimum atomic E-state index is -0.884. The lowest BCUT2D eigenvalue weighted by Crippen LogP contribution is -2.50. The number of fused-ring (bicyclic) bond motifs is 3. The van der Waals surface area contributed by atoms with Crippen LogP contribution in [0, 0.1) is 24.7 Å². The number of benzene rings is 2. The minimum absolute atomic E-state index is 0.0228. The highest BCUT2D eigenvalue weighted by atomic mass is 16.5. The number of nitrogens with zero attached hydrogens (tertiary/aromatic N) is 2. The molecule has 5 heteroatoms. The van der Waals surface area contributed by atoms with Gasteiger partial charge in [0.05, 0.1) is 0 Å². The molecule has 0 unspecified atom stereocenters. The number of hydrogen-bond donors (Lipinski definition) is 2. The number of anilines is 1. The first-order valence-corrected chi connectivity index (χ1v) is 12.0. The standard InChI is InChI=1S/C29H31N3O2/c1-3-13-28(33)14-15-29(18-21-7-5-4-6-8-21)23(19-28)10-9-22-17-24(11-12-25(22)29)34-26-16-20(2)31-27(30)32-26/h4-8,11-12,16-17,23,33H,9-10,14-15,18-19H2,1-2H3,(H2,30,31,32)/t23-,28-,29+/m1/s1. The Labute approximate surface area is 201 Å². The maximum absolute atomic E-state index is 11.2. The maximum Gasteiger partial charge on any atom is 0.224 e. The van der Waals surface area contributed by atoms with Crippen LogP contribution in [0.15, 0.2) is 54.6 Å². The molecule has 1 heterocycles. The van der Waals surface area contributed by atoms with Gasteiger partial charge < -0.3 is 15.6 Å². The predicted octanol–water partition coefficient (Wildman–Crippen LogP) is 5.14. The molecule has 0 bridgehead atoms. The van der Waals surface area contributed by atoms with Gasteiger partial charge in [0.2, 0.25) is 11.8 Å². The zero-order chi connectivity index (χ0) is 23.8. The molecule has 34 heavy (non-hydrogen) atoms. The summed E-state index contributed by atoms with van der Waals surface area (Å²) in [7, 11) is 0. The van der Waals surface area contributed by atoms with Gasteiger partial charge in [-0.25, -0.2) is 4.98 Å². The van der Waals surface area contributed by atoms with Crippen LogP contribution >= 0.6 is 0 Å². The first-order chi connectivity index (χ1) is 16.4. The Kier molecular flexibility index (Phi) is 5.79. The van der Waals surface area contributed by atoms with Crippen LogP contribution < -0.4 is 10.5 Å². The molecule has 1 fully saturated rings. The molecule has 3 aromatic rings. The van der Waals surface area contributed by atoms with Crippen LogP contribution in [-0.4, -0.2) is 20.7 Å². The largest absolute Gasteiger partial charge is 0.439 e. The Morgan fingerprint density at radius 3 is 2.71 bits per heavy atom. The number of aryl methyl sites for hydroxylation is 2. The number of aliphatic hydroxyl groups is 1. The molecule has 2 aliphatic rings. The lowest BCUT2D eigenvalue weighted by molar-refractivity contribution is -0.00804. The van der Waals surface area contributed by atoms with Gasteiger partial charge in [-0.05, 0) is 87.1 Å². The van der Waals surface area contributed by atoms with Gasteiger partial charge in [-0.3, -0.25) is 0 Å². The molecule has 2 aliphatic carbocycles. The summed E-state index contributed by atoms with van der Waals surface area (Å²) < 4.78 is 6.07. The highest BCUT2D eigenvalue weighted by Crippen LogP contribution is 2.54. The summed E-state index contributed by atoms with van der Waals surface area (Å²) in [4.78, 5) is 8.34. The lowest BCUT2D eigenvalue weighted by Gasteiger charge is -2.52. The van der Waals surface area contributed by atoms with Gasteiger partial charge in [-0.2, -0.15) is 4.98 Å². The molecule has 5 rings (SSSR count). The average molecular weight is 454 g/mol. The van der Waals surface area contributed by atoms with E-state index in [9.17, 15) is 5.11 Å². The van der Waals surface area contributed by atoms with Crippen molar-refractivity contribution in [3.8, 4) is 23.5 Å². The molecular weight excluding hydrogens is 422 g/mol. The smallest absolute Gasteiger partial charge is 0.224 e. The van der Waals surface area contributed by atoms with E-state index < -0.39 is 5.60 Å². The van der Waals surface area contributed by atoms with Crippen molar-refractivity contribution in [1.82, 2.24) is 9.97 Å². The Bertz CT molecular complexity index is 1240. The van der Waals surface area contributed by atoms with Crippen LogP contribution in [-0.2, 0) is 18.3 Å². The Balaban J connectivity index is 1.52. The molecule has 5 nitrogen and oxygen atoms in total. The zero-order valence-electron chi connectivity index (χ0n) is 19.8. The SMILES string of the molecule is CC#C[C@@]1(O)CC[C@@]2(Cc3ccccc3)c3ccc(Oc4cc(C)nc(N)n4)cc3CC[C@@H]2C1. The number of nitrogen functional groups attached to an aromatic ring is 1. The van der Waals surface area contributed by atoms with Crippen molar-refractivity contribution in [2.75, 3.05) is 5.73 Å². The molecule has 3 atom stereocenters. The molecule has 0 amide bonds. The topological polar surface area (TPSA) is 81.3 Å². The molecule has 0 radical (unpaired) electrons. The molecule has 1 aromatic heterocycles. The van der Waals surface area contributed by atoms with Gasteiger partial charge in [0.25, 0.3) is 0 Å². The van der Waals surface area contributed by atoms with Crippen LogP contribution in [0.3, 0.4) is 0 Å². The fourth-order valence-corrected chi connectivity index (χ4v) is 6.10. The number of aromatic nitrogens is 2. The van der Waals surface area contributed by atoms with E-state index in [-0.39, 0.29) is 11.4 Å². The molecule has 174 valence electrons. The van der Waals surface area contributed by atoms with E-state index in [4.69, 9.17) is 10.5 Å². The van der Waals surface area contributed by atoms with Crippen molar-refractivity contribution in [3.05, 3.63) is 77.0 Å². The van der Waals surface area contributed by atoms with E-state index in [0.29, 0.717) is 18.2 Å². The Hall–Kier alpha value is -3.36. The van der Waals surface area contributed by atoms with E-state index in [1.54, 1.807) is 6.07 Å². The highest BCUT2D eigenvalue weighted by Gasteiger charge is 2.51. The Morgan fingerprint density at radius 1 is 1.12 bits per heavy atom. The van der Waals surface area contributed by atoms with Crippen LogP contribution in [0.25, 0.3) is 0 Å². The molecule has 0 aliphatic heterocycles. The van der Waals surface area contributed by atoms with Gasteiger partial charge in [-0.1, -0.05) is 42.3 Å². The van der Waals surface area contributed by atoms with Crippen molar-refractivity contribution in [1.29, 1.82) is 0 Å². The first-order valence-electron chi connectivity index (χ1n) is 12.0. The normalized spacial score (nSPS) is 25.4. The second-order valence-electron chi connectivity index (χ2n) is 9.79. The molecule has 2 aromatic carbocycles. The molecule has 3 N–H and O–H groups in total. The highest BCUT2D eigenvalue weighted by molar-refractivity contribution is 5.46. The summed E-state index contributed by atoms with van der Waals surface area (Å²) in [6.07, 6.45) is 5.26. The van der Waals surface area contributed by atoms with Gasteiger partial charge in [0, 0.05) is 17.2 Å². The predicted molar refractivity (Wildman–Crippen MR) is 134 cm³/mol. The average Bonchev–Trinajstić information content (AvgIpc) is 2.79. The summed E-state index contributed by atoms with van der Waals surface area (Å²) in [5.41, 5.74) is 9.69. The van der Waals surface area contributed by atoms with E-state index in [1.165, 1.54) is 16.7 Å². The van der Waals surface area contributed by atoms with Crippen LogP contribution in [0.4, 0.5) is 5.95 Å². The summed E-state index contributed by atoms with van der Waals surface area (Å²) >= 11 is 0. The fourth-order valence-electron chi connectivity index (χ4n) is 6.10. The fraction of sp³-hybridized carbons (Fsp3) is 0.379. The van der Waals surface area contributed by atoms with Crippen molar-refractivity contribution in [2.45, 2.75) is 63.4 Å². The van der Waals surface area contributed by atoms with Gasteiger partial charge in [-0.15, -0.1) is 5.92 Å². The monoisotopic (exact) mass is 453 g/mol. The lowest BCUT2D eigenvalue weighted by atomic mass is 9.52. The van der Waals surface area contributed by atoms with E-state index >= 15 is 0 Å². The Morgan fingerprint density at radius 2 is 1.94 bits per heavy atom. The van der Waals surface area contributed by atoms with Crippen molar-refractivity contribution in [2.24, 2.45) is 5.92 Å². The van der Waals surface area contributed by atoms with Gasteiger partial charge >= 0.3 is 0 Å². The number of rotatable bonds is 4. The molecule has 0 saturated heterocycles. The van der Waals surface area contributed by atoms with Crippen molar-refractivity contribution < 1.29 is 9.84 Å². The molecule has 0 spiro atoms. The zero-order valence-corrected chi connectivity index (χ0v) is 19.8. The summed E-state index contributed by atoms with van der Waals surface area (Å²) in [5, 5.41) is 11.2. The maximum atomic E-state index is 11.2. The van der Waals surface area contributed by atoms with Crippen molar-refractivity contribution in [3.63, 3.8) is 0 Å². The first kappa shape index (κ1) is 22.4. The van der Waals surface area contributed by atoms with Gasteiger partial charge in [0.15, 0.2) is 0 Å².